The zero-order chi connectivity index (χ0) is 7.40. The van der Waals surface area contributed by atoms with Gasteiger partial charge >= 0.3 is 0 Å². The molecule has 0 amide bonds. The Labute approximate surface area is 58.6 Å². The van der Waals surface area contributed by atoms with Gasteiger partial charge in [-0.15, -0.1) is 0 Å². The predicted octanol–water partition coefficient (Wildman–Crippen LogP) is 0.639. The number of hydrogen-bond acceptors (Lipinski definition) is 3. The fraction of sp³-hybridized carbons (Fsp3) is 0.143. The van der Waals surface area contributed by atoms with E-state index in [0.29, 0.717) is 5.56 Å². The number of aliphatic hydroxyl groups is 1. The minimum atomic E-state index is -1.05. The second-order valence-electron chi connectivity index (χ2n) is 1.82. The van der Waals surface area contributed by atoms with Gasteiger partial charge in [-0.3, -0.25) is 4.98 Å². The first kappa shape index (κ1) is 6.72. The predicted molar refractivity (Wildman–Crippen MR) is 34.8 cm³/mol. The van der Waals surface area contributed by atoms with Gasteiger partial charge in [0.2, 0.25) is 0 Å². The Morgan fingerprint density at radius 1 is 1.70 bits per heavy atom. The molecule has 1 rings (SSSR count). The lowest BCUT2D eigenvalue weighted by atomic mass is 10.2. The molecule has 1 aromatic rings. The molecule has 0 bridgehead atoms. The molecule has 1 heterocycles. The first-order valence-corrected chi connectivity index (χ1v) is 2.82. The Morgan fingerprint density at radius 3 is 3.00 bits per heavy atom. The molecule has 1 N–H and O–H groups in total. The summed E-state index contributed by atoms with van der Waals surface area (Å²) in [6, 6.07) is 5.03. The van der Waals surface area contributed by atoms with E-state index in [2.05, 4.69) is 4.98 Å². The van der Waals surface area contributed by atoms with Crippen LogP contribution in [0.3, 0.4) is 0 Å². The van der Waals surface area contributed by atoms with Crippen molar-refractivity contribution >= 4 is 0 Å². The fourth-order valence-electron chi connectivity index (χ4n) is 0.612. The van der Waals surface area contributed by atoms with E-state index in [1.54, 1.807) is 24.4 Å². The number of nitrogens with zero attached hydrogens (tertiary/aromatic N) is 2. The second-order valence-corrected chi connectivity index (χ2v) is 1.82. The number of aliphatic hydroxyl groups excluding tert-OH is 1. The molecule has 0 fully saturated rings. The minimum Gasteiger partial charge on any atom is -0.374 e. The first-order chi connectivity index (χ1) is 4.84. The summed E-state index contributed by atoms with van der Waals surface area (Å²) in [4.78, 5) is 3.74. The van der Waals surface area contributed by atoms with Crippen LogP contribution < -0.4 is 0 Å². The van der Waals surface area contributed by atoms with Gasteiger partial charge < -0.3 is 5.11 Å². The normalized spacial score (nSPS) is 12.0. The molecule has 50 valence electrons. The van der Waals surface area contributed by atoms with Crippen molar-refractivity contribution in [2.75, 3.05) is 0 Å². The first-order valence-electron chi connectivity index (χ1n) is 2.82. The number of rotatable bonds is 1. The van der Waals surface area contributed by atoms with E-state index in [1.807, 2.05) is 0 Å². The molecule has 1 unspecified atom stereocenters. The summed E-state index contributed by atoms with van der Waals surface area (Å²) in [6.45, 7) is 0. The molecule has 0 aliphatic heterocycles. The largest absolute Gasteiger partial charge is 0.374 e. The molecule has 10 heavy (non-hydrogen) atoms. The Bertz CT molecular complexity index is 240. The Morgan fingerprint density at radius 2 is 2.50 bits per heavy atom. The van der Waals surface area contributed by atoms with E-state index >= 15 is 0 Å². The van der Waals surface area contributed by atoms with Crippen LogP contribution in [0.15, 0.2) is 24.5 Å². The number of hydrogen-bond donors (Lipinski definition) is 1. The summed E-state index contributed by atoms with van der Waals surface area (Å²) in [7, 11) is 0. The van der Waals surface area contributed by atoms with Gasteiger partial charge in [0.05, 0.1) is 6.07 Å². The lowest BCUT2D eigenvalue weighted by Crippen LogP contribution is -1.92. The highest BCUT2D eigenvalue weighted by atomic mass is 16.3. The summed E-state index contributed by atoms with van der Waals surface area (Å²) in [5, 5.41) is 17.2. The minimum absolute atomic E-state index is 0.532. The lowest BCUT2D eigenvalue weighted by Gasteiger charge is -1.97. The monoisotopic (exact) mass is 134 g/mol. The van der Waals surface area contributed by atoms with Crippen molar-refractivity contribution in [3.63, 3.8) is 0 Å². The van der Waals surface area contributed by atoms with Crippen molar-refractivity contribution < 1.29 is 5.11 Å². The van der Waals surface area contributed by atoms with Crippen molar-refractivity contribution in [3.05, 3.63) is 30.1 Å². The van der Waals surface area contributed by atoms with Crippen LogP contribution >= 0.6 is 0 Å². The third kappa shape index (κ3) is 1.30. The van der Waals surface area contributed by atoms with E-state index in [9.17, 15) is 0 Å². The highest BCUT2D eigenvalue weighted by Gasteiger charge is 2.02. The van der Waals surface area contributed by atoms with Gasteiger partial charge in [-0.2, -0.15) is 5.26 Å². The maximum atomic E-state index is 8.93. The van der Waals surface area contributed by atoms with Crippen LogP contribution in [0.1, 0.15) is 11.7 Å². The Kier molecular flexibility index (Phi) is 1.98. The van der Waals surface area contributed by atoms with Crippen molar-refractivity contribution in [2.24, 2.45) is 0 Å². The van der Waals surface area contributed by atoms with Crippen molar-refractivity contribution in [1.29, 1.82) is 5.26 Å². The quantitative estimate of drug-likeness (QED) is 0.573. The van der Waals surface area contributed by atoms with Crippen LogP contribution in [0, 0.1) is 11.3 Å². The van der Waals surface area contributed by atoms with Gasteiger partial charge in [0, 0.05) is 18.0 Å². The highest BCUT2D eigenvalue weighted by molar-refractivity contribution is 5.16. The molecule has 1 atom stereocenters. The third-order valence-electron chi connectivity index (χ3n) is 1.12. The molecule has 3 heteroatoms. The van der Waals surface area contributed by atoms with Gasteiger partial charge in [0.1, 0.15) is 0 Å². The van der Waals surface area contributed by atoms with Crippen molar-refractivity contribution in [2.45, 2.75) is 6.10 Å². The van der Waals surface area contributed by atoms with Crippen LogP contribution in [0.2, 0.25) is 0 Å². The average molecular weight is 134 g/mol. The van der Waals surface area contributed by atoms with Crippen LogP contribution in [0.5, 0.6) is 0 Å². The maximum absolute atomic E-state index is 8.93. The average Bonchev–Trinajstić information content (AvgIpc) is 2.05. The van der Waals surface area contributed by atoms with Crippen LogP contribution in [0.25, 0.3) is 0 Å². The zero-order valence-electron chi connectivity index (χ0n) is 5.23. The van der Waals surface area contributed by atoms with E-state index < -0.39 is 6.10 Å². The molecule has 0 aromatic carbocycles. The summed E-state index contributed by atoms with van der Waals surface area (Å²) in [5.74, 6) is 0. The molecule has 0 spiro atoms. The number of aromatic nitrogens is 1. The van der Waals surface area contributed by atoms with E-state index in [0.717, 1.165) is 0 Å². The van der Waals surface area contributed by atoms with Crippen molar-refractivity contribution in [3.8, 4) is 6.07 Å². The molecule has 1 aromatic heterocycles. The lowest BCUT2D eigenvalue weighted by molar-refractivity contribution is 0.235. The topological polar surface area (TPSA) is 56.9 Å². The Balaban J connectivity index is 2.88. The van der Waals surface area contributed by atoms with E-state index in [-0.39, 0.29) is 0 Å². The van der Waals surface area contributed by atoms with Crippen molar-refractivity contribution in [1.82, 2.24) is 4.98 Å². The number of nitriles is 1. The SMILES string of the molecule is N#CC(O)c1cccnc1. The van der Waals surface area contributed by atoms with Gasteiger partial charge in [0.25, 0.3) is 0 Å². The fourth-order valence-corrected chi connectivity index (χ4v) is 0.612. The summed E-state index contributed by atoms with van der Waals surface area (Å²) < 4.78 is 0. The number of pyridine rings is 1. The standard InChI is InChI=1S/C7H6N2O/c8-4-7(10)6-2-1-3-9-5-6/h1-3,5,7,10H. The third-order valence-corrected chi connectivity index (χ3v) is 1.12. The van der Waals surface area contributed by atoms with Crippen LogP contribution in [0.4, 0.5) is 0 Å². The zero-order valence-corrected chi connectivity index (χ0v) is 5.23. The molecule has 0 aliphatic carbocycles. The van der Waals surface area contributed by atoms with Gasteiger partial charge in [-0.25, -0.2) is 0 Å². The highest BCUT2D eigenvalue weighted by Crippen LogP contribution is 2.07. The smallest absolute Gasteiger partial charge is 0.167 e. The van der Waals surface area contributed by atoms with Crippen LogP contribution in [-0.4, -0.2) is 10.1 Å². The summed E-state index contributed by atoms with van der Waals surface area (Å²) >= 11 is 0. The molecule has 0 radical (unpaired) electrons. The van der Waals surface area contributed by atoms with Crippen LogP contribution in [-0.2, 0) is 0 Å². The molecule has 0 aliphatic rings. The van der Waals surface area contributed by atoms with E-state index in [1.165, 1.54) is 6.20 Å². The Hall–Kier alpha value is -1.40. The summed E-state index contributed by atoms with van der Waals surface area (Å²) in [5.41, 5.74) is 0.532. The van der Waals surface area contributed by atoms with Gasteiger partial charge in [-0.05, 0) is 6.07 Å². The molecular formula is C7H6N2O. The van der Waals surface area contributed by atoms with Gasteiger partial charge in [0.15, 0.2) is 6.10 Å². The molecule has 0 saturated carbocycles. The van der Waals surface area contributed by atoms with E-state index in [4.69, 9.17) is 10.4 Å². The second kappa shape index (κ2) is 2.95. The molecule has 3 nitrogen and oxygen atoms in total. The molecule has 0 saturated heterocycles. The maximum Gasteiger partial charge on any atom is 0.167 e. The summed E-state index contributed by atoms with van der Waals surface area (Å²) in [6.07, 6.45) is 2.01. The molecular weight excluding hydrogens is 128 g/mol. The van der Waals surface area contributed by atoms with Gasteiger partial charge in [-0.1, -0.05) is 6.07 Å².